The Labute approximate surface area is 203 Å². The number of aromatic nitrogens is 6. The molecule has 0 atom stereocenters. The van der Waals surface area contributed by atoms with Crippen molar-refractivity contribution >= 4 is 11.8 Å². The van der Waals surface area contributed by atoms with Gasteiger partial charge in [-0.3, -0.25) is 0 Å². The number of aryl methyl sites for hydroxylation is 2. The average molecular weight is 467 g/mol. The van der Waals surface area contributed by atoms with E-state index in [1.807, 2.05) is 16.9 Å². The minimum atomic E-state index is 0.577. The maximum Gasteiger partial charge on any atom is 0.209 e. The van der Waals surface area contributed by atoms with Crippen LogP contribution in [0.3, 0.4) is 0 Å². The van der Waals surface area contributed by atoms with Crippen molar-refractivity contribution < 1.29 is 0 Å². The largest absolute Gasteiger partial charge is 0.226 e. The lowest BCUT2D eigenvalue weighted by molar-refractivity contribution is 0.572. The van der Waals surface area contributed by atoms with Crippen molar-refractivity contribution in [1.82, 2.24) is 30.0 Å². The first-order valence-corrected chi connectivity index (χ1v) is 12.4. The van der Waals surface area contributed by atoms with Crippen LogP contribution in [0, 0.1) is 6.92 Å². The third-order valence-corrected chi connectivity index (χ3v) is 6.79. The van der Waals surface area contributed by atoms with Gasteiger partial charge in [0.05, 0.1) is 24.0 Å². The first-order chi connectivity index (χ1) is 16.7. The highest BCUT2D eigenvalue weighted by atomic mass is 32.2. The summed E-state index contributed by atoms with van der Waals surface area (Å²) < 4.78 is 2.02. The lowest BCUT2D eigenvalue weighted by Crippen LogP contribution is -2.04. The zero-order chi connectivity index (χ0) is 23.3. The predicted octanol–water partition coefficient (Wildman–Crippen LogP) is 5.74. The Kier molecular flexibility index (Phi) is 6.53. The van der Waals surface area contributed by atoms with Gasteiger partial charge in [0.2, 0.25) is 5.82 Å². The highest BCUT2D eigenvalue weighted by Crippen LogP contribution is 2.34. The summed E-state index contributed by atoms with van der Waals surface area (Å²) in [5.41, 5.74) is 6.84. The molecule has 3 aromatic carbocycles. The fraction of sp³-hybridized carbons (Fsp3) is 0.185. The second kappa shape index (κ2) is 10.1. The van der Waals surface area contributed by atoms with Crippen molar-refractivity contribution in [3.8, 4) is 17.1 Å². The van der Waals surface area contributed by atoms with E-state index in [1.54, 1.807) is 16.6 Å². The van der Waals surface area contributed by atoms with Crippen LogP contribution in [0.4, 0.5) is 0 Å². The molecule has 0 saturated carbocycles. The summed E-state index contributed by atoms with van der Waals surface area (Å²) in [7, 11) is 0. The van der Waals surface area contributed by atoms with Gasteiger partial charge in [-0.2, -0.15) is 9.90 Å². The maximum absolute atomic E-state index is 4.77. The van der Waals surface area contributed by atoms with Crippen LogP contribution in [0.2, 0.25) is 0 Å². The fourth-order valence-corrected chi connectivity index (χ4v) is 5.00. The molecule has 170 valence electrons. The normalized spacial score (nSPS) is 11.1. The van der Waals surface area contributed by atoms with Crippen LogP contribution < -0.4 is 0 Å². The molecule has 0 aliphatic carbocycles. The van der Waals surface area contributed by atoms with E-state index in [0.717, 1.165) is 34.0 Å². The standard InChI is InChI=1S/C27H26N6S/c1-3-23-14-7-8-15-25(23)33-27(34-19-21-11-5-4-6-12-21)24(17-28-33)26-29-31-32(30-26)18-22-13-9-10-20(2)16-22/h4-17H,3,18-19H2,1-2H3. The van der Waals surface area contributed by atoms with Crippen molar-refractivity contribution in [2.75, 3.05) is 0 Å². The lowest BCUT2D eigenvalue weighted by Gasteiger charge is -2.12. The molecule has 34 heavy (non-hydrogen) atoms. The predicted molar refractivity (Wildman–Crippen MR) is 136 cm³/mol. The maximum atomic E-state index is 4.77. The quantitative estimate of drug-likeness (QED) is 0.273. The van der Waals surface area contributed by atoms with E-state index >= 15 is 0 Å². The third-order valence-electron chi connectivity index (χ3n) is 5.64. The van der Waals surface area contributed by atoms with Crippen LogP contribution in [0.25, 0.3) is 17.1 Å². The Bertz CT molecular complexity index is 1390. The van der Waals surface area contributed by atoms with Crippen molar-refractivity contribution in [1.29, 1.82) is 0 Å². The molecular weight excluding hydrogens is 440 g/mol. The Balaban J connectivity index is 1.50. The monoisotopic (exact) mass is 466 g/mol. The highest BCUT2D eigenvalue weighted by molar-refractivity contribution is 7.98. The smallest absolute Gasteiger partial charge is 0.209 e. The summed E-state index contributed by atoms with van der Waals surface area (Å²) in [5.74, 6) is 1.41. The average Bonchev–Trinajstić information content (AvgIpc) is 3.50. The molecule has 2 heterocycles. The summed E-state index contributed by atoms with van der Waals surface area (Å²) in [6.07, 6.45) is 2.78. The van der Waals surface area contributed by atoms with Crippen molar-refractivity contribution in [2.45, 2.75) is 37.6 Å². The summed E-state index contributed by atoms with van der Waals surface area (Å²) in [4.78, 5) is 1.65. The van der Waals surface area contributed by atoms with Crippen LogP contribution >= 0.6 is 11.8 Å². The minimum absolute atomic E-state index is 0.577. The van der Waals surface area contributed by atoms with Crippen LogP contribution in [-0.2, 0) is 18.7 Å². The number of rotatable bonds is 8. The van der Waals surface area contributed by atoms with Gasteiger partial charge in [0.15, 0.2) is 0 Å². The van der Waals surface area contributed by atoms with E-state index in [2.05, 4.69) is 97.0 Å². The molecular formula is C27H26N6S. The number of benzene rings is 3. The first-order valence-electron chi connectivity index (χ1n) is 11.4. The van der Waals surface area contributed by atoms with E-state index < -0.39 is 0 Å². The molecule has 0 fully saturated rings. The van der Waals surface area contributed by atoms with Gasteiger partial charge in [-0.25, -0.2) is 4.68 Å². The van der Waals surface area contributed by atoms with Crippen LogP contribution in [0.15, 0.2) is 90.1 Å². The van der Waals surface area contributed by atoms with Gasteiger partial charge in [-0.1, -0.05) is 85.3 Å². The molecule has 0 radical (unpaired) electrons. The lowest BCUT2D eigenvalue weighted by atomic mass is 10.1. The van der Waals surface area contributed by atoms with Gasteiger partial charge in [0.25, 0.3) is 0 Å². The Hall–Kier alpha value is -3.71. The van der Waals surface area contributed by atoms with Gasteiger partial charge in [-0.15, -0.1) is 22.0 Å². The minimum Gasteiger partial charge on any atom is -0.226 e. The summed E-state index contributed by atoms with van der Waals surface area (Å²) in [6, 6.07) is 27.2. The molecule has 5 aromatic rings. The molecule has 7 heteroatoms. The molecule has 0 aliphatic heterocycles. The second-order valence-electron chi connectivity index (χ2n) is 8.16. The Morgan fingerprint density at radius 1 is 0.882 bits per heavy atom. The van der Waals surface area contributed by atoms with Crippen molar-refractivity contribution in [2.24, 2.45) is 0 Å². The third kappa shape index (κ3) is 4.79. The SMILES string of the molecule is CCc1ccccc1-n1ncc(-c2nnn(Cc3cccc(C)c3)n2)c1SCc1ccccc1. The topological polar surface area (TPSA) is 61.4 Å². The number of hydrogen-bond acceptors (Lipinski definition) is 5. The second-order valence-corrected chi connectivity index (χ2v) is 9.13. The van der Waals surface area contributed by atoms with Gasteiger partial charge >= 0.3 is 0 Å². The number of thioether (sulfide) groups is 1. The molecule has 5 rings (SSSR count). The molecule has 0 amide bonds. The van der Waals surface area contributed by atoms with Gasteiger partial charge in [0.1, 0.15) is 5.03 Å². The van der Waals surface area contributed by atoms with E-state index in [1.165, 1.54) is 16.7 Å². The van der Waals surface area contributed by atoms with Gasteiger partial charge in [-0.05, 0) is 41.3 Å². The Morgan fingerprint density at radius 3 is 2.50 bits per heavy atom. The summed E-state index contributed by atoms with van der Waals surface area (Å²) in [5, 5.41) is 19.2. The van der Waals surface area contributed by atoms with E-state index in [-0.39, 0.29) is 0 Å². The fourth-order valence-electron chi connectivity index (χ4n) is 3.94. The first kappa shape index (κ1) is 22.1. The Morgan fingerprint density at radius 2 is 1.68 bits per heavy atom. The van der Waals surface area contributed by atoms with Crippen LogP contribution in [0.5, 0.6) is 0 Å². The zero-order valence-corrected chi connectivity index (χ0v) is 20.1. The van der Waals surface area contributed by atoms with Crippen molar-refractivity contribution in [3.05, 3.63) is 107 Å². The molecule has 0 spiro atoms. The van der Waals surface area contributed by atoms with Crippen molar-refractivity contribution in [3.63, 3.8) is 0 Å². The molecule has 0 unspecified atom stereocenters. The summed E-state index contributed by atoms with van der Waals surface area (Å²) >= 11 is 1.74. The van der Waals surface area contributed by atoms with E-state index in [4.69, 9.17) is 10.2 Å². The van der Waals surface area contributed by atoms with E-state index in [0.29, 0.717) is 12.4 Å². The molecule has 6 nitrogen and oxygen atoms in total. The van der Waals surface area contributed by atoms with Crippen LogP contribution in [0.1, 0.15) is 29.2 Å². The number of para-hydroxylation sites is 1. The molecule has 0 saturated heterocycles. The van der Waals surface area contributed by atoms with Gasteiger partial charge < -0.3 is 0 Å². The molecule has 0 aliphatic rings. The van der Waals surface area contributed by atoms with E-state index in [9.17, 15) is 0 Å². The number of tetrazole rings is 1. The summed E-state index contributed by atoms with van der Waals surface area (Å²) in [6.45, 7) is 4.83. The number of nitrogens with zero attached hydrogens (tertiary/aromatic N) is 6. The van der Waals surface area contributed by atoms with Crippen LogP contribution in [-0.4, -0.2) is 30.0 Å². The molecule has 0 bridgehead atoms. The zero-order valence-electron chi connectivity index (χ0n) is 19.3. The highest BCUT2D eigenvalue weighted by Gasteiger charge is 2.20. The molecule has 2 aromatic heterocycles. The molecule has 0 N–H and O–H groups in total. The van der Waals surface area contributed by atoms with Gasteiger partial charge in [0, 0.05) is 5.75 Å². The number of hydrogen-bond donors (Lipinski definition) is 0.